The van der Waals surface area contributed by atoms with Crippen molar-refractivity contribution in [1.82, 2.24) is 25.0 Å². The third-order valence-corrected chi connectivity index (χ3v) is 5.75. The van der Waals surface area contributed by atoms with E-state index >= 15 is 0 Å². The molecule has 31 heavy (non-hydrogen) atoms. The Kier molecular flexibility index (Phi) is 5.20. The fraction of sp³-hybridized carbons (Fsp3) is 0.350. The maximum atomic E-state index is 13.2. The number of carbonyl (C=O) groups is 2. The fourth-order valence-corrected chi connectivity index (χ4v) is 3.84. The molecule has 2 atom stereocenters. The highest BCUT2D eigenvalue weighted by atomic mass is 35.5. The Morgan fingerprint density at radius 2 is 2.10 bits per heavy atom. The fourth-order valence-electron chi connectivity index (χ4n) is 3.61. The summed E-state index contributed by atoms with van der Waals surface area (Å²) in [5, 5.41) is 7.28. The minimum atomic E-state index is -4.56. The van der Waals surface area contributed by atoms with E-state index in [9.17, 15) is 22.8 Å². The highest BCUT2D eigenvalue weighted by molar-refractivity contribution is 6.35. The summed E-state index contributed by atoms with van der Waals surface area (Å²) in [7, 11) is 0. The molecule has 1 unspecified atom stereocenters. The van der Waals surface area contributed by atoms with Crippen LogP contribution in [0.15, 0.2) is 30.5 Å². The Morgan fingerprint density at radius 3 is 2.77 bits per heavy atom. The van der Waals surface area contributed by atoms with E-state index in [-0.39, 0.29) is 24.1 Å². The van der Waals surface area contributed by atoms with Crippen molar-refractivity contribution in [3.05, 3.63) is 52.4 Å². The quantitative estimate of drug-likeness (QED) is 0.633. The minimum Gasteiger partial charge on any atom is -0.350 e. The molecule has 0 saturated carbocycles. The second-order valence-corrected chi connectivity index (χ2v) is 8.00. The molecule has 2 N–H and O–H groups in total. The van der Waals surface area contributed by atoms with Crippen LogP contribution in [0.4, 0.5) is 13.2 Å². The average Bonchev–Trinajstić information content (AvgIpc) is 3.30. The molecule has 2 aromatic heterocycles. The van der Waals surface area contributed by atoms with Gasteiger partial charge in [0.2, 0.25) is 0 Å². The Bertz CT molecular complexity index is 1170. The zero-order valence-corrected chi connectivity index (χ0v) is 17.4. The summed E-state index contributed by atoms with van der Waals surface area (Å²) in [5.41, 5.74) is 1.44. The number of aromatic amines is 1. The van der Waals surface area contributed by atoms with Gasteiger partial charge in [0.05, 0.1) is 30.5 Å². The number of hydrogen-bond donors (Lipinski definition) is 2. The van der Waals surface area contributed by atoms with Gasteiger partial charge in [-0.25, -0.2) is 0 Å². The summed E-state index contributed by atoms with van der Waals surface area (Å²) in [4.78, 5) is 30.2. The largest absolute Gasteiger partial charge is 0.408 e. The van der Waals surface area contributed by atoms with Crippen LogP contribution >= 0.6 is 11.6 Å². The molecule has 1 aliphatic heterocycles. The van der Waals surface area contributed by atoms with Crippen LogP contribution in [0.2, 0.25) is 5.02 Å². The number of amides is 2. The predicted octanol–water partition coefficient (Wildman–Crippen LogP) is 3.74. The monoisotopic (exact) mass is 453 g/mol. The van der Waals surface area contributed by atoms with Crippen molar-refractivity contribution < 1.29 is 22.8 Å². The molecule has 4 rings (SSSR count). The van der Waals surface area contributed by atoms with E-state index in [1.54, 1.807) is 33.8 Å². The van der Waals surface area contributed by atoms with Crippen LogP contribution in [0.1, 0.15) is 40.4 Å². The van der Waals surface area contributed by atoms with Gasteiger partial charge in [-0.05, 0) is 32.0 Å². The first-order valence-electron chi connectivity index (χ1n) is 9.56. The van der Waals surface area contributed by atoms with Crippen LogP contribution in [0, 0.1) is 0 Å². The number of carbonyl (C=O) groups excluding carboxylic acids is 2. The number of rotatable bonds is 3. The maximum Gasteiger partial charge on any atom is 0.408 e. The summed E-state index contributed by atoms with van der Waals surface area (Å²) in [5.74, 6) is -1.19. The van der Waals surface area contributed by atoms with Gasteiger partial charge in [-0.3, -0.25) is 14.3 Å². The third-order valence-electron chi connectivity index (χ3n) is 5.42. The number of fused-ring (bicyclic) bond motifs is 2. The van der Waals surface area contributed by atoms with Crippen LogP contribution in [0.5, 0.6) is 0 Å². The number of nitrogens with zero attached hydrogens (tertiary/aromatic N) is 3. The molecular weight excluding hydrogens is 435 g/mol. The average molecular weight is 454 g/mol. The van der Waals surface area contributed by atoms with Gasteiger partial charge in [0.1, 0.15) is 11.7 Å². The van der Waals surface area contributed by atoms with Gasteiger partial charge < -0.3 is 15.2 Å². The van der Waals surface area contributed by atoms with Gasteiger partial charge in [0, 0.05) is 22.0 Å². The smallest absolute Gasteiger partial charge is 0.350 e. The van der Waals surface area contributed by atoms with Crippen molar-refractivity contribution in [1.29, 1.82) is 0 Å². The van der Waals surface area contributed by atoms with Crippen molar-refractivity contribution >= 4 is 34.3 Å². The molecule has 3 heterocycles. The van der Waals surface area contributed by atoms with E-state index in [1.807, 2.05) is 12.2 Å². The molecule has 3 aromatic rings. The molecule has 2 amide bonds. The number of benzene rings is 1. The highest BCUT2D eigenvalue weighted by Crippen LogP contribution is 2.27. The highest BCUT2D eigenvalue weighted by Gasteiger charge is 2.38. The van der Waals surface area contributed by atoms with Crippen LogP contribution in [0.25, 0.3) is 10.9 Å². The second-order valence-electron chi connectivity index (χ2n) is 7.59. The SMILES string of the molecule is CC1Cn2ncc(C(=O)N[C@H](C)C(F)(F)F)c2CN1C(=O)c1cc2c(Cl)cccc2[nH]1. The molecule has 0 fully saturated rings. The Balaban J connectivity index is 1.60. The summed E-state index contributed by atoms with van der Waals surface area (Å²) >= 11 is 6.19. The van der Waals surface area contributed by atoms with Gasteiger partial charge in [-0.2, -0.15) is 18.3 Å². The van der Waals surface area contributed by atoms with Crippen molar-refractivity contribution in [2.24, 2.45) is 0 Å². The molecule has 0 aliphatic carbocycles. The molecule has 1 aromatic carbocycles. The lowest BCUT2D eigenvalue weighted by Gasteiger charge is -2.34. The molecule has 11 heteroatoms. The summed E-state index contributed by atoms with van der Waals surface area (Å²) in [6.45, 7) is 3.05. The number of aromatic nitrogens is 3. The van der Waals surface area contributed by atoms with Crippen molar-refractivity contribution in [3.63, 3.8) is 0 Å². The topological polar surface area (TPSA) is 83.0 Å². The maximum absolute atomic E-state index is 13.2. The molecule has 0 spiro atoms. The van der Waals surface area contributed by atoms with Crippen molar-refractivity contribution in [3.8, 4) is 0 Å². The van der Waals surface area contributed by atoms with E-state index in [0.717, 1.165) is 6.92 Å². The Hall–Kier alpha value is -3.01. The predicted molar refractivity (Wildman–Crippen MR) is 108 cm³/mol. The normalized spacial score (nSPS) is 17.5. The molecule has 0 radical (unpaired) electrons. The third kappa shape index (κ3) is 3.87. The van der Waals surface area contributed by atoms with Gasteiger partial charge >= 0.3 is 6.18 Å². The summed E-state index contributed by atoms with van der Waals surface area (Å²) < 4.78 is 40.0. The molecule has 164 valence electrons. The zero-order valence-electron chi connectivity index (χ0n) is 16.6. The van der Waals surface area contributed by atoms with Gasteiger partial charge in [-0.15, -0.1) is 0 Å². The molecule has 0 saturated heterocycles. The lowest BCUT2D eigenvalue weighted by molar-refractivity contribution is -0.149. The molecular formula is C20H19ClF3N5O2. The van der Waals surface area contributed by atoms with Gasteiger partial charge in [0.25, 0.3) is 11.8 Å². The first kappa shape index (κ1) is 21.2. The van der Waals surface area contributed by atoms with E-state index in [4.69, 9.17) is 11.6 Å². The number of H-pyrrole nitrogens is 1. The van der Waals surface area contributed by atoms with E-state index in [0.29, 0.717) is 33.9 Å². The summed E-state index contributed by atoms with van der Waals surface area (Å²) in [6, 6.07) is 4.71. The van der Waals surface area contributed by atoms with Crippen molar-refractivity contribution in [2.75, 3.05) is 0 Å². The van der Waals surface area contributed by atoms with E-state index in [2.05, 4.69) is 10.1 Å². The van der Waals surface area contributed by atoms with Crippen LogP contribution < -0.4 is 5.32 Å². The number of alkyl halides is 3. The van der Waals surface area contributed by atoms with Crippen LogP contribution in [0.3, 0.4) is 0 Å². The van der Waals surface area contributed by atoms with E-state index < -0.39 is 18.1 Å². The Labute approximate surface area is 180 Å². The Morgan fingerprint density at radius 1 is 1.35 bits per heavy atom. The number of hydrogen-bond acceptors (Lipinski definition) is 3. The lowest BCUT2D eigenvalue weighted by atomic mass is 10.1. The van der Waals surface area contributed by atoms with Crippen molar-refractivity contribution in [2.45, 2.75) is 45.2 Å². The first-order chi connectivity index (χ1) is 14.6. The summed E-state index contributed by atoms with van der Waals surface area (Å²) in [6.07, 6.45) is -3.33. The number of halogens is 4. The molecule has 7 nitrogen and oxygen atoms in total. The second kappa shape index (κ2) is 7.60. The molecule has 0 bridgehead atoms. The minimum absolute atomic E-state index is 0.0143. The van der Waals surface area contributed by atoms with Crippen LogP contribution in [-0.2, 0) is 13.1 Å². The standard InChI is InChI=1S/C20H19ClF3N5O2/c1-10-8-29-17(13(7-25-29)18(30)26-11(2)20(22,23)24)9-28(10)19(31)16-6-12-14(21)4-3-5-15(12)27-16/h3-7,10-11,27H,8-9H2,1-2H3,(H,26,30)/t10?,11-/m1/s1. The van der Waals surface area contributed by atoms with E-state index in [1.165, 1.54) is 6.20 Å². The zero-order chi connectivity index (χ0) is 22.5. The van der Waals surface area contributed by atoms with Crippen LogP contribution in [-0.4, -0.2) is 49.7 Å². The number of nitrogens with one attached hydrogen (secondary N) is 2. The van der Waals surface area contributed by atoms with Gasteiger partial charge in [0.15, 0.2) is 0 Å². The first-order valence-corrected chi connectivity index (χ1v) is 9.94. The lowest BCUT2D eigenvalue weighted by Crippen LogP contribution is -2.46. The molecule has 1 aliphatic rings. The van der Waals surface area contributed by atoms with Gasteiger partial charge in [-0.1, -0.05) is 17.7 Å².